The summed E-state index contributed by atoms with van der Waals surface area (Å²) < 4.78 is 33.7. The van der Waals surface area contributed by atoms with Crippen molar-refractivity contribution < 1.29 is 12.8 Å². The molecule has 0 fully saturated rings. The van der Waals surface area contributed by atoms with Crippen molar-refractivity contribution in [3.63, 3.8) is 0 Å². The molecule has 0 radical (unpaired) electrons. The van der Waals surface area contributed by atoms with E-state index in [0.717, 1.165) is 43.0 Å². The molecule has 3 aromatic carbocycles. The van der Waals surface area contributed by atoms with Gasteiger partial charge in [-0.3, -0.25) is 4.31 Å². The quantitative estimate of drug-likeness (QED) is 0.229. The second kappa shape index (κ2) is 9.47. The molecule has 0 saturated carbocycles. The van der Waals surface area contributed by atoms with Gasteiger partial charge in [-0.05, 0) is 30.3 Å². The molecule has 0 spiro atoms. The highest BCUT2D eigenvalue weighted by molar-refractivity contribution is 7.92. The maximum Gasteiger partial charge on any atom is 0.232 e. The summed E-state index contributed by atoms with van der Waals surface area (Å²) in [6, 6.07) is 21.1. The van der Waals surface area contributed by atoms with Gasteiger partial charge < -0.3 is 14.4 Å². The Balaban J connectivity index is 1.27. The lowest BCUT2D eigenvalue weighted by Gasteiger charge is -2.21. The van der Waals surface area contributed by atoms with E-state index < -0.39 is 10.0 Å². The molecule has 9 nitrogen and oxygen atoms in total. The SMILES string of the molecule is CS(=O)(=O)N(Cc1cnc(-c2ccc3nc[nH]c3c2)s1)c1ccc2c(-c3ncc[nH]3)c(-c3ccccc3)oc2c1. The van der Waals surface area contributed by atoms with Gasteiger partial charge in [0.15, 0.2) is 0 Å². The highest BCUT2D eigenvalue weighted by atomic mass is 32.2. The number of aromatic amines is 2. The van der Waals surface area contributed by atoms with Gasteiger partial charge in [0.1, 0.15) is 22.2 Å². The zero-order chi connectivity index (χ0) is 27.3. The predicted molar refractivity (Wildman–Crippen MR) is 157 cm³/mol. The van der Waals surface area contributed by atoms with Crippen LogP contribution in [0.15, 0.2) is 96.1 Å². The minimum Gasteiger partial charge on any atom is -0.455 e. The van der Waals surface area contributed by atoms with Crippen LogP contribution in [0.4, 0.5) is 5.69 Å². The van der Waals surface area contributed by atoms with Gasteiger partial charge in [0.25, 0.3) is 0 Å². The summed E-state index contributed by atoms with van der Waals surface area (Å²) in [5, 5.41) is 1.64. The first-order valence-electron chi connectivity index (χ1n) is 12.4. The van der Waals surface area contributed by atoms with Crippen molar-refractivity contribution in [1.82, 2.24) is 24.9 Å². The maximum absolute atomic E-state index is 13.0. The molecule has 0 aliphatic rings. The van der Waals surface area contributed by atoms with E-state index in [9.17, 15) is 8.42 Å². The molecule has 0 unspecified atom stereocenters. The molecular weight excluding hydrogens is 544 g/mol. The standard InChI is InChI=1S/C29H22N6O3S2/c1-40(36,37)35(16-21-15-32-29(39-21)19-7-10-23-24(13-19)34-17-33-23)20-8-9-22-25(14-20)38-27(18-5-3-2-4-6-18)26(22)28-30-11-12-31-28/h2-15,17H,16H2,1H3,(H,30,31)(H,33,34). The number of benzene rings is 3. The van der Waals surface area contributed by atoms with Gasteiger partial charge in [0, 0.05) is 46.0 Å². The molecular formula is C29H22N6O3S2. The molecule has 2 N–H and O–H groups in total. The number of anilines is 1. The van der Waals surface area contributed by atoms with Gasteiger partial charge in [-0.25, -0.2) is 23.4 Å². The third kappa shape index (κ3) is 4.34. The van der Waals surface area contributed by atoms with Crippen LogP contribution in [-0.2, 0) is 16.6 Å². The Morgan fingerprint density at radius 2 is 1.82 bits per heavy atom. The van der Waals surface area contributed by atoms with Crippen LogP contribution in [0.2, 0.25) is 0 Å². The van der Waals surface area contributed by atoms with Crippen LogP contribution in [-0.4, -0.2) is 39.6 Å². The number of nitrogens with one attached hydrogen (secondary N) is 2. The average Bonchev–Trinajstić information content (AvgIpc) is 3.76. The third-order valence-corrected chi connectivity index (χ3v) is 8.82. The van der Waals surface area contributed by atoms with Gasteiger partial charge in [-0.15, -0.1) is 11.3 Å². The van der Waals surface area contributed by atoms with Crippen LogP contribution >= 0.6 is 11.3 Å². The Labute approximate surface area is 233 Å². The molecule has 7 aromatic rings. The van der Waals surface area contributed by atoms with Crippen LogP contribution in [0.3, 0.4) is 0 Å². The van der Waals surface area contributed by atoms with Gasteiger partial charge in [0.05, 0.1) is 41.4 Å². The number of rotatable bonds is 7. The molecule has 0 bridgehead atoms. The number of thiazole rings is 1. The van der Waals surface area contributed by atoms with Crippen LogP contribution < -0.4 is 4.31 Å². The van der Waals surface area contributed by atoms with Crippen molar-refractivity contribution in [2.75, 3.05) is 10.6 Å². The van der Waals surface area contributed by atoms with Crippen molar-refractivity contribution in [2.45, 2.75) is 6.54 Å². The minimum atomic E-state index is -3.62. The van der Waals surface area contributed by atoms with Crippen LogP contribution in [0.1, 0.15) is 4.88 Å². The molecule has 11 heteroatoms. The lowest BCUT2D eigenvalue weighted by molar-refractivity contribution is 0.596. The second-order valence-corrected chi connectivity index (χ2v) is 12.3. The molecule has 198 valence electrons. The van der Waals surface area contributed by atoms with Gasteiger partial charge in [0.2, 0.25) is 10.0 Å². The van der Waals surface area contributed by atoms with Crippen LogP contribution in [0, 0.1) is 0 Å². The van der Waals surface area contributed by atoms with E-state index >= 15 is 0 Å². The van der Waals surface area contributed by atoms with Crippen molar-refractivity contribution in [3.8, 4) is 33.3 Å². The zero-order valence-electron chi connectivity index (χ0n) is 21.2. The number of fused-ring (bicyclic) bond motifs is 2. The Morgan fingerprint density at radius 1 is 0.950 bits per heavy atom. The van der Waals surface area contributed by atoms with E-state index in [4.69, 9.17) is 4.42 Å². The maximum atomic E-state index is 13.0. The largest absolute Gasteiger partial charge is 0.455 e. The van der Waals surface area contributed by atoms with Crippen molar-refractivity contribution in [1.29, 1.82) is 0 Å². The Kier molecular flexibility index (Phi) is 5.76. The molecule has 4 heterocycles. The number of imidazole rings is 2. The van der Waals surface area contributed by atoms with E-state index in [0.29, 0.717) is 22.9 Å². The van der Waals surface area contributed by atoms with Gasteiger partial charge in [-0.1, -0.05) is 30.3 Å². The van der Waals surface area contributed by atoms with Crippen molar-refractivity contribution >= 4 is 49.1 Å². The van der Waals surface area contributed by atoms with E-state index in [2.05, 4.69) is 24.9 Å². The number of aromatic nitrogens is 5. The molecule has 0 amide bonds. The zero-order valence-corrected chi connectivity index (χ0v) is 22.8. The second-order valence-electron chi connectivity index (χ2n) is 9.33. The number of furan rings is 1. The number of sulfonamides is 1. The summed E-state index contributed by atoms with van der Waals surface area (Å²) in [7, 11) is -3.62. The topological polar surface area (TPSA) is 121 Å². The van der Waals surface area contributed by atoms with Crippen molar-refractivity contribution in [2.24, 2.45) is 0 Å². The lowest BCUT2D eigenvalue weighted by atomic mass is 10.0. The van der Waals surface area contributed by atoms with Crippen LogP contribution in [0.5, 0.6) is 0 Å². The Hall–Kier alpha value is -4.74. The first-order chi connectivity index (χ1) is 19.4. The lowest BCUT2D eigenvalue weighted by Crippen LogP contribution is -2.28. The molecule has 40 heavy (non-hydrogen) atoms. The van der Waals surface area contributed by atoms with E-state index in [1.807, 2.05) is 54.6 Å². The molecule has 4 aromatic heterocycles. The van der Waals surface area contributed by atoms with Gasteiger partial charge >= 0.3 is 0 Å². The molecule has 0 atom stereocenters. The molecule has 0 aliphatic heterocycles. The average molecular weight is 567 g/mol. The number of nitrogens with zero attached hydrogens (tertiary/aromatic N) is 4. The van der Waals surface area contributed by atoms with Gasteiger partial charge in [-0.2, -0.15) is 0 Å². The fourth-order valence-corrected chi connectivity index (χ4v) is 6.64. The number of H-pyrrole nitrogens is 2. The monoisotopic (exact) mass is 566 g/mol. The summed E-state index contributed by atoms with van der Waals surface area (Å²) in [5.41, 5.74) is 5.53. The Bertz CT molecular complexity index is 2080. The highest BCUT2D eigenvalue weighted by Gasteiger charge is 2.24. The normalized spacial score (nSPS) is 11.9. The summed E-state index contributed by atoms with van der Waals surface area (Å²) in [6.07, 6.45) is 8.04. The third-order valence-electron chi connectivity index (χ3n) is 6.65. The molecule has 0 aliphatic carbocycles. The van der Waals surface area contributed by atoms with Crippen molar-refractivity contribution in [3.05, 3.63) is 96.5 Å². The number of hydrogen-bond acceptors (Lipinski definition) is 7. The minimum absolute atomic E-state index is 0.144. The summed E-state index contributed by atoms with van der Waals surface area (Å²) in [5.74, 6) is 1.34. The first-order valence-corrected chi connectivity index (χ1v) is 15.1. The van der Waals surface area contributed by atoms with Crippen LogP contribution in [0.25, 0.3) is 55.3 Å². The van der Waals surface area contributed by atoms with E-state index in [1.165, 1.54) is 21.9 Å². The summed E-state index contributed by atoms with van der Waals surface area (Å²) in [6.45, 7) is 0.144. The summed E-state index contributed by atoms with van der Waals surface area (Å²) >= 11 is 1.45. The Morgan fingerprint density at radius 3 is 2.62 bits per heavy atom. The number of hydrogen-bond donors (Lipinski definition) is 2. The first kappa shape index (κ1) is 24.3. The smallest absolute Gasteiger partial charge is 0.232 e. The molecule has 0 saturated heterocycles. The highest BCUT2D eigenvalue weighted by Crippen LogP contribution is 2.41. The summed E-state index contributed by atoms with van der Waals surface area (Å²) in [4.78, 5) is 20.4. The van der Waals surface area contributed by atoms with E-state index in [1.54, 1.807) is 37.1 Å². The van der Waals surface area contributed by atoms with E-state index in [-0.39, 0.29) is 6.54 Å². The molecule has 7 rings (SSSR count). The fourth-order valence-electron chi connectivity index (χ4n) is 4.79. The fraction of sp³-hybridized carbons (Fsp3) is 0.0690. The predicted octanol–water partition coefficient (Wildman–Crippen LogP) is 6.46.